The molecule has 0 N–H and O–H groups in total. The summed E-state index contributed by atoms with van der Waals surface area (Å²) in [6.07, 6.45) is 0. The zero-order valence-corrected chi connectivity index (χ0v) is 31.4. The average molecular weight is 746 g/mol. The topological polar surface area (TPSA) is 25.6 Å². The Balaban J connectivity index is 1.13. The number of ether oxygens (including phenoxy) is 1. The summed E-state index contributed by atoms with van der Waals surface area (Å²) in [5.74, 6) is 1.77. The number of furan rings is 1. The third-order valence-electron chi connectivity index (χ3n) is 12.3. The number of rotatable bonds is 3. The molecular formula is C53H31NO2S. The van der Waals surface area contributed by atoms with Crippen molar-refractivity contribution in [1.82, 2.24) is 0 Å². The van der Waals surface area contributed by atoms with Gasteiger partial charge in [-0.15, -0.1) is 11.3 Å². The van der Waals surface area contributed by atoms with Crippen LogP contribution in [0, 0.1) is 0 Å². The van der Waals surface area contributed by atoms with Gasteiger partial charge in [-0.25, -0.2) is 0 Å². The van der Waals surface area contributed by atoms with E-state index in [-0.39, 0.29) is 0 Å². The van der Waals surface area contributed by atoms with Crippen molar-refractivity contribution in [3.8, 4) is 22.6 Å². The minimum atomic E-state index is -0.611. The van der Waals surface area contributed by atoms with E-state index in [0.717, 1.165) is 61.6 Å². The molecule has 1 spiro atoms. The molecular weight excluding hydrogens is 715 g/mol. The van der Waals surface area contributed by atoms with E-state index in [9.17, 15) is 0 Å². The molecule has 0 amide bonds. The summed E-state index contributed by atoms with van der Waals surface area (Å²) < 4.78 is 15.6. The van der Waals surface area contributed by atoms with Crippen molar-refractivity contribution in [3.05, 3.63) is 210 Å². The van der Waals surface area contributed by atoms with Crippen molar-refractivity contribution >= 4 is 81.3 Å². The number of thiophene rings is 1. The number of nitrogens with zero attached hydrogens (tertiary/aromatic N) is 1. The number of para-hydroxylation sites is 3. The molecule has 2 aliphatic rings. The molecule has 266 valence electrons. The van der Waals surface area contributed by atoms with E-state index < -0.39 is 5.41 Å². The van der Waals surface area contributed by atoms with Crippen molar-refractivity contribution in [2.24, 2.45) is 0 Å². The minimum absolute atomic E-state index is 0.611. The molecule has 3 nitrogen and oxygen atoms in total. The zero-order chi connectivity index (χ0) is 37.2. The second kappa shape index (κ2) is 11.5. The predicted octanol–water partition coefficient (Wildman–Crippen LogP) is 15.0. The maximum Gasteiger partial charge on any atom is 0.135 e. The van der Waals surface area contributed by atoms with Gasteiger partial charge in [-0.1, -0.05) is 115 Å². The summed E-state index contributed by atoms with van der Waals surface area (Å²) >= 11 is 1.85. The van der Waals surface area contributed by atoms with Crippen molar-refractivity contribution in [1.29, 1.82) is 0 Å². The van der Waals surface area contributed by atoms with Crippen molar-refractivity contribution in [2.75, 3.05) is 4.90 Å². The van der Waals surface area contributed by atoms with Gasteiger partial charge in [0.2, 0.25) is 0 Å². The van der Waals surface area contributed by atoms with Gasteiger partial charge in [-0.05, 0) is 106 Å². The molecule has 0 unspecified atom stereocenters. The SMILES string of the molecule is c1ccc2c(c1)Oc1ccccc1C21c2cc(N(c3ccc4oc5ccccc5c4c3)c3ccc4sc5ccccc5c4c3)ccc2-c2c1ccc1ccccc21. The predicted molar refractivity (Wildman–Crippen MR) is 236 cm³/mol. The van der Waals surface area contributed by atoms with Gasteiger partial charge in [-0.2, -0.15) is 0 Å². The van der Waals surface area contributed by atoms with Crippen molar-refractivity contribution in [2.45, 2.75) is 5.41 Å². The first kappa shape index (κ1) is 31.1. The molecule has 4 heteroatoms. The van der Waals surface area contributed by atoms with Gasteiger partial charge in [0.15, 0.2) is 0 Å². The van der Waals surface area contributed by atoms with Crippen LogP contribution in [0.5, 0.6) is 11.5 Å². The third-order valence-corrected chi connectivity index (χ3v) is 13.5. The lowest BCUT2D eigenvalue weighted by molar-refractivity contribution is 0.436. The zero-order valence-electron chi connectivity index (χ0n) is 30.6. The number of benzene rings is 9. The van der Waals surface area contributed by atoms with Crippen LogP contribution in [0.1, 0.15) is 22.3 Å². The molecule has 0 radical (unpaired) electrons. The maximum absolute atomic E-state index is 6.72. The number of fused-ring (bicyclic) bond motifs is 17. The van der Waals surface area contributed by atoms with Crippen LogP contribution in [-0.2, 0) is 5.41 Å². The first-order valence-electron chi connectivity index (χ1n) is 19.4. The molecule has 57 heavy (non-hydrogen) atoms. The molecule has 0 saturated heterocycles. The second-order valence-corrected chi connectivity index (χ2v) is 16.3. The van der Waals surface area contributed by atoms with Gasteiger partial charge in [0, 0.05) is 59.1 Å². The fourth-order valence-electron chi connectivity index (χ4n) is 9.95. The Morgan fingerprint density at radius 2 is 1.02 bits per heavy atom. The van der Waals surface area contributed by atoms with Gasteiger partial charge >= 0.3 is 0 Å². The van der Waals surface area contributed by atoms with E-state index in [1.165, 1.54) is 53.2 Å². The first-order chi connectivity index (χ1) is 28.2. The third kappa shape index (κ3) is 4.20. The fraction of sp³-hybridized carbons (Fsp3) is 0.0189. The molecule has 0 fully saturated rings. The molecule has 2 aromatic heterocycles. The normalized spacial score (nSPS) is 13.5. The van der Waals surface area contributed by atoms with Gasteiger partial charge in [0.1, 0.15) is 22.7 Å². The fourth-order valence-corrected chi connectivity index (χ4v) is 11.0. The van der Waals surface area contributed by atoms with Crippen LogP contribution >= 0.6 is 11.3 Å². The first-order valence-corrected chi connectivity index (χ1v) is 20.2. The van der Waals surface area contributed by atoms with Crippen LogP contribution in [-0.4, -0.2) is 0 Å². The second-order valence-electron chi connectivity index (χ2n) is 15.2. The van der Waals surface area contributed by atoms with Crippen LogP contribution in [0.2, 0.25) is 0 Å². The summed E-state index contributed by atoms with van der Waals surface area (Å²) in [6, 6.07) is 68.4. The lowest BCUT2D eigenvalue weighted by Gasteiger charge is -2.39. The van der Waals surface area contributed by atoms with Gasteiger partial charge in [0.25, 0.3) is 0 Å². The van der Waals surface area contributed by atoms with Gasteiger partial charge < -0.3 is 14.1 Å². The number of anilines is 3. The highest BCUT2D eigenvalue weighted by atomic mass is 32.1. The lowest BCUT2D eigenvalue weighted by atomic mass is 9.66. The van der Waals surface area contributed by atoms with E-state index in [0.29, 0.717) is 0 Å². The monoisotopic (exact) mass is 745 g/mol. The summed E-state index contributed by atoms with van der Waals surface area (Å²) in [5, 5.41) is 7.23. The Bertz CT molecular complexity index is 3320. The summed E-state index contributed by atoms with van der Waals surface area (Å²) in [7, 11) is 0. The smallest absolute Gasteiger partial charge is 0.135 e. The highest BCUT2D eigenvalue weighted by Crippen LogP contribution is 2.63. The van der Waals surface area contributed by atoms with Crippen LogP contribution in [0.15, 0.2) is 192 Å². The highest BCUT2D eigenvalue weighted by molar-refractivity contribution is 7.25. The molecule has 0 bridgehead atoms. The van der Waals surface area contributed by atoms with E-state index in [1.807, 2.05) is 23.5 Å². The Morgan fingerprint density at radius 3 is 1.86 bits per heavy atom. The lowest BCUT2D eigenvalue weighted by Crippen LogP contribution is -2.32. The summed E-state index contributed by atoms with van der Waals surface area (Å²) in [5.41, 5.74) is 11.8. The molecule has 0 atom stereocenters. The van der Waals surface area contributed by atoms with Crippen molar-refractivity contribution in [3.63, 3.8) is 0 Å². The quantitative estimate of drug-likeness (QED) is 0.180. The maximum atomic E-state index is 6.72. The van der Waals surface area contributed by atoms with Crippen LogP contribution in [0.25, 0.3) is 64.0 Å². The Hall–Kier alpha value is -7.14. The van der Waals surface area contributed by atoms with Crippen molar-refractivity contribution < 1.29 is 9.15 Å². The van der Waals surface area contributed by atoms with E-state index in [1.54, 1.807) is 0 Å². The Kier molecular flexibility index (Phi) is 6.25. The molecule has 0 saturated carbocycles. The molecule has 9 aromatic carbocycles. The highest BCUT2D eigenvalue weighted by Gasteiger charge is 2.51. The van der Waals surface area contributed by atoms with Gasteiger partial charge in [0.05, 0.1) is 5.41 Å². The van der Waals surface area contributed by atoms with Gasteiger partial charge in [-0.3, -0.25) is 0 Å². The van der Waals surface area contributed by atoms with E-state index in [2.05, 4.69) is 181 Å². The summed E-state index contributed by atoms with van der Waals surface area (Å²) in [4.78, 5) is 2.43. The molecule has 13 rings (SSSR count). The molecule has 1 aliphatic carbocycles. The number of hydrogen-bond acceptors (Lipinski definition) is 4. The Morgan fingerprint density at radius 1 is 0.404 bits per heavy atom. The largest absolute Gasteiger partial charge is 0.457 e. The minimum Gasteiger partial charge on any atom is -0.457 e. The van der Waals surface area contributed by atoms with Crippen LogP contribution in [0.4, 0.5) is 17.1 Å². The average Bonchev–Trinajstić information content (AvgIpc) is 3.92. The van der Waals surface area contributed by atoms with Crippen LogP contribution in [0.3, 0.4) is 0 Å². The molecule has 1 aliphatic heterocycles. The summed E-state index contributed by atoms with van der Waals surface area (Å²) in [6.45, 7) is 0. The number of hydrogen-bond donors (Lipinski definition) is 0. The molecule has 11 aromatic rings. The molecule has 3 heterocycles. The van der Waals surface area contributed by atoms with E-state index in [4.69, 9.17) is 9.15 Å². The Labute approximate surface area is 332 Å². The van der Waals surface area contributed by atoms with E-state index >= 15 is 0 Å². The standard InChI is InChI=1S/C53H31NO2S/c1-2-12-36-32(11-1)21-26-44-52(36)39-25-22-35(31-45(39)53(44)42-15-5-8-18-48(42)56-49-19-9-6-16-43(49)53)54(33-23-27-47-40(29-33)37-13-3-7-17-46(37)55-47)34-24-28-51-41(30-34)38-14-4-10-20-50(38)57-51/h1-31H. The van der Waals surface area contributed by atoms with Crippen LogP contribution < -0.4 is 9.64 Å².